The Hall–Kier alpha value is -1.59. The van der Waals surface area contributed by atoms with Crippen LogP contribution in [0.2, 0.25) is 0 Å². The average Bonchev–Trinajstić information content (AvgIpc) is 3.46. The van der Waals surface area contributed by atoms with Gasteiger partial charge in [0.25, 0.3) is 0 Å². The molecule has 28 heavy (non-hydrogen) atoms. The van der Waals surface area contributed by atoms with Crippen LogP contribution in [0.4, 0.5) is 0 Å². The molecule has 0 radical (unpaired) electrons. The van der Waals surface area contributed by atoms with Crippen molar-refractivity contribution < 1.29 is 0 Å². The number of aromatic nitrogens is 2. The summed E-state index contributed by atoms with van der Waals surface area (Å²) in [6, 6.07) is 6.91. The van der Waals surface area contributed by atoms with Gasteiger partial charge >= 0.3 is 5.69 Å². The van der Waals surface area contributed by atoms with Gasteiger partial charge in [-0.2, -0.15) is 0 Å². The lowest BCUT2D eigenvalue weighted by Crippen LogP contribution is -2.47. The number of imidazole rings is 1. The molecule has 1 N–H and O–H groups in total. The Bertz CT molecular complexity index is 821. The van der Waals surface area contributed by atoms with Crippen LogP contribution in [0.15, 0.2) is 23.0 Å². The lowest BCUT2D eigenvalue weighted by atomic mass is 9.97. The van der Waals surface area contributed by atoms with Crippen molar-refractivity contribution in [3.8, 4) is 0 Å². The van der Waals surface area contributed by atoms with E-state index in [0.717, 1.165) is 49.4 Å². The number of nitrogens with zero attached hydrogens (tertiary/aromatic N) is 3. The van der Waals surface area contributed by atoms with E-state index in [0.29, 0.717) is 6.04 Å². The second-order valence-electron chi connectivity index (χ2n) is 8.90. The normalized spacial score (nSPS) is 19.1. The quantitative estimate of drug-likeness (QED) is 0.711. The molecular weight excluding hydrogens is 348 g/mol. The summed E-state index contributed by atoms with van der Waals surface area (Å²) in [5.74, 6) is 0.872. The molecule has 0 unspecified atom stereocenters. The molecule has 2 aliphatic rings. The van der Waals surface area contributed by atoms with Crippen LogP contribution >= 0.6 is 0 Å². The predicted octanol–water partition coefficient (Wildman–Crippen LogP) is 4.00. The standard InChI is InChI=1S/C23H36N4O/c1-3-5-18(6-4-2)16-25-11-13-26(14-12-25)17-19-7-10-21-22(15-19)27(20-8-9-20)23(28)24-21/h7,10,15,18,20H,3-6,8-9,11-14,16-17H2,1-2H3,(H,24,28). The molecule has 4 rings (SSSR count). The maximum atomic E-state index is 12.2. The minimum atomic E-state index is 0.0528. The van der Waals surface area contributed by atoms with Gasteiger partial charge in [-0.05, 0) is 49.3 Å². The van der Waals surface area contributed by atoms with Crippen molar-refractivity contribution in [2.75, 3.05) is 32.7 Å². The molecule has 1 aliphatic heterocycles. The molecule has 0 bridgehead atoms. The minimum absolute atomic E-state index is 0.0528. The van der Waals surface area contributed by atoms with Gasteiger partial charge in [0, 0.05) is 45.3 Å². The Morgan fingerprint density at radius 1 is 1.04 bits per heavy atom. The van der Waals surface area contributed by atoms with Gasteiger partial charge in [0.05, 0.1) is 11.0 Å². The molecule has 1 saturated heterocycles. The van der Waals surface area contributed by atoms with E-state index in [1.165, 1.54) is 50.9 Å². The smallest absolute Gasteiger partial charge is 0.306 e. The lowest BCUT2D eigenvalue weighted by molar-refractivity contribution is 0.109. The fourth-order valence-electron chi connectivity index (χ4n) is 4.86. The molecule has 5 nitrogen and oxygen atoms in total. The monoisotopic (exact) mass is 384 g/mol. The SMILES string of the molecule is CCCC(CCC)CN1CCN(Cc2ccc3[nH]c(=O)n(C4CC4)c3c2)CC1. The maximum Gasteiger partial charge on any atom is 0.326 e. The predicted molar refractivity (Wildman–Crippen MR) is 116 cm³/mol. The van der Waals surface area contributed by atoms with Crippen LogP contribution in [-0.4, -0.2) is 52.1 Å². The van der Waals surface area contributed by atoms with Crippen LogP contribution in [-0.2, 0) is 6.54 Å². The summed E-state index contributed by atoms with van der Waals surface area (Å²) in [6.07, 6.45) is 7.61. The van der Waals surface area contributed by atoms with Crippen molar-refractivity contribution >= 4 is 11.0 Å². The van der Waals surface area contributed by atoms with Crippen LogP contribution in [0.3, 0.4) is 0 Å². The summed E-state index contributed by atoms with van der Waals surface area (Å²) in [7, 11) is 0. The minimum Gasteiger partial charge on any atom is -0.306 e. The number of fused-ring (bicyclic) bond motifs is 1. The van der Waals surface area contributed by atoms with Gasteiger partial charge in [-0.1, -0.05) is 32.8 Å². The Balaban J connectivity index is 1.34. The van der Waals surface area contributed by atoms with Crippen molar-refractivity contribution in [2.24, 2.45) is 5.92 Å². The van der Waals surface area contributed by atoms with Gasteiger partial charge in [-0.25, -0.2) is 4.79 Å². The van der Waals surface area contributed by atoms with E-state index in [1.54, 1.807) is 0 Å². The number of nitrogens with one attached hydrogen (secondary N) is 1. The molecule has 2 aromatic rings. The molecule has 0 atom stereocenters. The molecule has 1 aromatic carbocycles. The Morgan fingerprint density at radius 2 is 1.71 bits per heavy atom. The fraction of sp³-hybridized carbons (Fsp3) is 0.696. The molecule has 0 amide bonds. The van der Waals surface area contributed by atoms with Gasteiger partial charge in [0.15, 0.2) is 0 Å². The largest absolute Gasteiger partial charge is 0.326 e. The molecule has 2 heterocycles. The van der Waals surface area contributed by atoms with Crippen LogP contribution < -0.4 is 5.69 Å². The first-order valence-corrected chi connectivity index (χ1v) is 11.4. The van der Waals surface area contributed by atoms with Gasteiger partial charge in [-0.15, -0.1) is 0 Å². The third kappa shape index (κ3) is 4.52. The highest BCUT2D eigenvalue weighted by Crippen LogP contribution is 2.35. The zero-order valence-corrected chi connectivity index (χ0v) is 17.6. The van der Waals surface area contributed by atoms with Crippen LogP contribution in [0.25, 0.3) is 11.0 Å². The number of hydrogen-bond donors (Lipinski definition) is 1. The molecule has 154 valence electrons. The highest BCUT2D eigenvalue weighted by Gasteiger charge is 2.27. The van der Waals surface area contributed by atoms with E-state index in [9.17, 15) is 4.79 Å². The summed E-state index contributed by atoms with van der Waals surface area (Å²) in [4.78, 5) is 20.5. The molecular formula is C23H36N4O. The summed E-state index contributed by atoms with van der Waals surface area (Å²) < 4.78 is 1.97. The first-order valence-electron chi connectivity index (χ1n) is 11.4. The van der Waals surface area contributed by atoms with Gasteiger partial charge in [0.2, 0.25) is 0 Å². The van der Waals surface area contributed by atoms with E-state index in [2.05, 4.69) is 46.8 Å². The topological polar surface area (TPSA) is 44.3 Å². The molecule has 0 spiro atoms. The van der Waals surface area contributed by atoms with Gasteiger partial charge in [-0.3, -0.25) is 9.47 Å². The third-order valence-corrected chi connectivity index (χ3v) is 6.48. The van der Waals surface area contributed by atoms with Gasteiger partial charge in [0.1, 0.15) is 0 Å². The molecule has 1 aromatic heterocycles. The molecule has 5 heteroatoms. The van der Waals surface area contributed by atoms with E-state index >= 15 is 0 Å². The highest BCUT2D eigenvalue weighted by atomic mass is 16.1. The zero-order valence-electron chi connectivity index (χ0n) is 17.6. The summed E-state index contributed by atoms with van der Waals surface area (Å²) >= 11 is 0. The number of hydrogen-bond acceptors (Lipinski definition) is 3. The second-order valence-corrected chi connectivity index (χ2v) is 8.90. The second kappa shape index (κ2) is 8.83. The zero-order chi connectivity index (χ0) is 19.5. The van der Waals surface area contributed by atoms with Crippen molar-refractivity contribution in [2.45, 2.75) is 65.0 Å². The number of rotatable bonds is 9. The summed E-state index contributed by atoms with van der Waals surface area (Å²) in [5.41, 5.74) is 3.44. The highest BCUT2D eigenvalue weighted by molar-refractivity contribution is 5.76. The van der Waals surface area contributed by atoms with Crippen molar-refractivity contribution in [1.82, 2.24) is 19.4 Å². The van der Waals surface area contributed by atoms with Crippen molar-refractivity contribution in [1.29, 1.82) is 0 Å². The van der Waals surface area contributed by atoms with Gasteiger partial charge < -0.3 is 9.88 Å². The Kier molecular flexibility index (Phi) is 6.22. The van der Waals surface area contributed by atoms with Crippen molar-refractivity contribution in [3.05, 3.63) is 34.2 Å². The first kappa shape index (κ1) is 19.7. The fourth-order valence-corrected chi connectivity index (χ4v) is 4.86. The number of H-pyrrole nitrogens is 1. The number of benzene rings is 1. The third-order valence-electron chi connectivity index (χ3n) is 6.48. The molecule has 1 aliphatic carbocycles. The van der Waals surface area contributed by atoms with Crippen molar-refractivity contribution in [3.63, 3.8) is 0 Å². The maximum absolute atomic E-state index is 12.2. The van der Waals surface area contributed by atoms with Crippen LogP contribution in [0, 0.1) is 5.92 Å². The summed E-state index contributed by atoms with van der Waals surface area (Å²) in [5, 5.41) is 0. The molecule has 2 fully saturated rings. The van der Waals surface area contributed by atoms with E-state index in [1.807, 2.05) is 4.57 Å². The molecule has 1 saturated carbocycles. The Labute approximate surface area is 168 Å². The first-order chi connectivity index (χ1) is 13.7. The van der Waals surface area contributed by atoms with Crippen LogP contribution in [0.5, 0.6) is 0 Å². The van der Waals surface area contributed by atoms with E-state index < -0.39 is 0 Å². The number of aromatic amines is 1. The number of piperazine rings is 1. The Morgan fingerprint density at radius 3 is 2.36 bits per heavy atom. The lowest BCUT2D eigenvalue weighted by Gasteiger charge is -2.36. The van der Waals surface area contributed by atoms with E-state index in [4.69, 9.17) is 0 Å². The summed E-state index contributed by atoms with van der Waals surface area (Å²) in [6.45, 7) is 11.5. The van der Waals surface area contributed by atoms with Crippen LogP contribution in [0.1, 0.15) is 64.0 Å². The van der Waals surface area contributed by atoms with E-state index in [-0.39, 0.29) is 5.69 Å². The average molecular weight is 385 g/mol.